The smallest absolute Gasteiger partial charge is 0.335 e. The van der Waals surface area contributed by atoms with Crippen molar-refractivity contribution in [2.75, 3.05) is 0 Å². The van der Waals surface area contributed by atoms with Gasteiger partial charge in [0.05, 0.1) is 5.56 Å². The quantitative estimate of drug-likeness (QED) is 0.642. The Balaban J connectivity index is 2.36. The molecule has 0 aliphatic rings. The minimum atomic E-state index is -1.02. The number of benzene rings is 1. The van der Waals surface area contributed by atoms with Crippen LogP contribution in [0.4, 0.5) is 0 Å². The Morgan fingerprint density at radius 1 is 1.28 bits per heavy atom. The van der Waals surface area contributed by atoms with Gasteiger partial charge in [-0.25, -0.2) is 4.79 Å². The molecule has 1 aromatic heterocycles. The summed E-state index contributed by atoms with van der Waals surface area (Å²) in [5.74, 6) is -0.691. The molecule has 0 spiro atoms. The number of aryl methyl sites for hydroxylation is 1. The molecule has 2 aromatic rings. The van der Waals surface area contributed by atoms with Crippen LogP contribution in [0.5, 0.6) is 0 Å². The number of carboxylic acids is 1. The predicted molar refractivity (Wildman–Crippen MR) is 92.7 cm³/mol. The summed E-state index contributed by atoms with van der Waals surface area (Å²) in [6.07, 6.45) is 1.36. The van der Waals surface area contributed by atoms with Gasteiger partial charge >= 0.3 is 5.97 Å². The van der Waals surface area contributed by atoms with Gasteiger partial charge in [-0.3, -0.25) is 4.79 Å². The first-order chi connectivity index (χ1) is 11.8. The first-order valence-electron chi connectivity index (χ1n) is 7.68. The normalized spacial score (nSPS) is 11.2. The van der Waals surface area contributed by atoms with Gasteiger partial charge in [-0.05, 0) is 50.6 Å². The largest absolute Gasteiger partial charge is 0.478 e. The Labute approximate surface area is 145 Å². The van der Waals surface area contributed by atoms with Crippen LogP contribution >= 0.6 is 0 Å². The van der Waals surface area contributed by atoms with E-state index in [9.17, 15) is 9.59 Å². The molecule has 1 amide bonds. The zero-order valence-electron chi connectivity index (χ0n) is 14.2. The maximum Gasteiger partial charge on any atom is 0.335 e. The number of carbonyl (C=O) groups excluding carboxylic acids is 1. The molecule has 25 heavy (non-hydrogen) atoms. The summed E-state index contributed by atoms with van der Waals surface area (Å²) in [7, 11) is 0. The first-order valence-corrected chi connectivity index (χ1v) is 7.68. The number of carboxylic acid groups (broad SMARTS) is 1. The van der Waals surface area contributed by atoms with Gasteiger partial charge in [-0.2, -0.15) is 5.26 Å². The zero-order valence-corrected chi connectivity index (χ0v) is 14.2. The molecular formula is C19H18N2O4. The van der Waals surface area contributed by atoms with Crippen LogP contribution in [0.2, 0.25) is 0 Å². The van der Waals surface area contributed by atoms with Gasteiger partial charge in [0.2, 0.25) is 0 Å². The molecule has 2 N–H and O–H groups in total. The van der Waals surface area contributed by atoms with Gasteiger partial charge < -0.3 is 14.8 Å². The molecule has 0 saturated heterocycles. The van der Waals surface area contributed by atoms with Crippen molar-refractivity contribution in [3.05, 3.63) is 52.8 Å². The summed E-state index contributed by atoms with van der Waals surface area (Å²) in [6.45, 7) is 5.45. The number of furan rings is 1. The zero-order chi connectivity index (χ0) is 18.6. The van der Waals surface area contributed by atoms with Crippen molar-refractivity contribution in [2.24, 2.45) is 0 Å². The molecular weight excluding hydrogens is 320 g/mol. The van der Waals surface area contributed by atoms with Gasteiger partial charge in [0, 0.05) is 17.7 Å². The van der Waals surface area contributed by atoms with E-state index in [1.54, 1.807) is 32.0 Å². The lowest BCUT2D eigenvalue weighted by Gasteiger charge is -2.06. The fourth-order valence-electron chi connectivity index (χ4n) is 2.23. The molecule has 2 rings (SSSR count). The Morgan fingerprint density at radius 3 is 2.60 bits per heavy atom. The lowest BCUT2D eigenvalue weighted by Crippen LogP contribution is -2.30. The van der Waals surface area contributed by atoms with E-state index in [1.807, 2.05) is 13.0 Å². The molecule has 128 valence electrons. The Kier molecular flexibility index (Phi) is 5.40. The summed E-state index contributed by atoms with van der Waals surface area (Å²) >= 11 is 0. The van der Waals surface area contributed by atoms with E-state index in [2.05, 4.69) is 5.32 Å². The molecule has 0 saturated carbocycles. The number of rotatable bonds is 5. The van der Waals surface area contributed by atoms with E-state index in [1.165, 1.54) is 18.2 Å². The highest BCUT2D eigenvalue weighted by molar-refractivity contribution is 6.01. The molecule has 0 unspecified atom stereocenters. The number of carbonyl (C=O) groups is 2. The highest BCUT2D eigenvalue weighted by Gasteiger charge is 2.13. The van der Waals surface area contributed by atoms with E-state index in [4.69, 9.17) is 14.8 Å². The molecule has 0 fully saturated rings. The minimum absolute atomic E-state index is 0.0643. The van der Waals surface area contributed by atoms with Crippen LogP contribution in [0.3, 0.4) is 0 Å². The number of aromatic carboxylic acids is 1. The highest BCUT2D eigenvalue weighted by Crippen LogP contribution is 2.27. The van der Waals surface area contributed by atoms with Crippen molar-refractivity contribution < 1.29 is 19.1 Å². The Morgan fingerprint density at radius 2 is 2.00 bits per heavy atom. The summed E-state index contributed by atoms with van der Waals surface area (Å²) in [6, 6.07) is 9.82. The maximum absolute atomic E-state index is 11.9. The third-order valence-corrected chi connectivity index (χ3v) is 3.45. The molecule has 6 nitrogen and oxygen atoms in total. The Bertz CT molecular complexity index is 885. The van der Waals surface area contributed by atoms with Crippen LogP contribution in [0.15, 0.2) is 40.3 Å². The van der Waals surface area contributed by atoms with Crippen molar-refractivity contribution in [1.82, 2.24) is 5.32 Å². The van der Waals surface area contributed by atoms with Gasteiger partial charge in [0.15, 0.2) is 0 Å². The molecule has 1 heterocycles. The average Bonchev–Trinajstić information content (AvgIpc) is 3.00. The van der Waals surface area contributed by atoms with Crippen LogP contribution < -0.4 is 5.32 Å². The van der Waals surface area contributed by atoms with Crippen molar-refractivity contribution in [3.8, 4) is 17.4 Å². The summed E-state index contributed by atoms with van der Waals surface area (Å²) in [4.78, 5) is 23.1. The fraction of sp³-hybridized carbons (Fsp3) is 0.211. The predicted octanol–water partition coefficient (Wildman–Crippen LogP) is 3.38. The van der Waals surface area contributed by atoms with Crippen LogP contribution in [-0.4, -0.2) is 23.0 Å². The number of hydrogen-bond acceptors (Lipinski definition) is 4. The van der Waals surface area contributed by atoms with E-state index in [0.717, 1.165) is 5.56 Å². The van der Waals surface area contributed by atoms with Crippen molar-refractivity contribution in [1.29, 1.82) is 5.26 Å². The van der Waals surface area contributed by atoms with Gasteiger partial charge in [0.25, 0.3) is 5.91 Å². The highest BCUT2D eigenvalue weighted by atomic mass is 16.4. The second-order valence-electron chi connectivity index (χ2n) is 5.83. The second-order valence-corrected chi connectivity index (χ2v) is 5.83. The molecule has 0 bridgehead atoms. The second kappa shape index (κ2) is 7.49. The topological polar surface area (TPSA) is 103 Å². The molecule has 1 aromatic carbocycles. The van der Waals surface area contributed by atoms with Crippen molar-refractivity contribution in [2.45, 2.75) is 26.8 Å². The molecule has 0 aliphatic heterocycles. The van der Waals surface area contributed by atoms with Crippen LogP contribution in [0.25, 0.3) is 17.4 Å². The van der Waals surface area contributed by atoms with Crippen molar-refractivity contribution in [3.63, 3.8) is 0 Å². The first kappa shape index (κ1) is 18.0. The number of hydrogen-bond donors (Lipinski definition) is 2. The number of amides is 1. The summed E-state index contributed by atoms with van der Waals surface area (Å²) in [5, 5.41) is 20.9. The van der Waals surface area contributed by atoms with E-state index >= 15 is 0 Å². The lowest BCUT2D eigenvalue weighted by atomic mass is 10.0. The fourth-order valence-corrected chi connectivity index (χ4v) is 2.23. The minimum Gasteiger partial charge on any atom is -0.478 e. The van der Waals surface area contributed by atoms with Crippen molar-refractivity contribution >= 4 is 18.0 Å². The summed E-state index contributed by atoms with van der Waals surface area (Å²) in [5.41, 5.74) is 1.59. The third-order valence-electron chi connectivity index (χ3n) is 3.45. The number of nitrogens with one attached hydrogen (secondary N) is 1. The molecule has 6 heteroatoms. The van der Waals surface area contributed by atoms with E-state index in [-0.39, 0.29) is 17.2 Å². The molecule has 0 aliphatic carbocycles. The number of nitriles is 1. The third kappa shape index (κ3) is 4.36. The van der Waals surface area contributed by atoms with Gasteiger partial charge in [-0.1, -0.05) is 6.07 Å². The lowest BCUT2D eigenvalue weighted by molar-refractivity contribution is -0.117. The van der Waals surface area contributed by atoms with Gasteiger partial charge in [0.1, 0.15) is 23.2 Å². The van der Waals surface area contributed by atoms with Gasteiger partial charge in [-0.15, -0.1) is 0 Å². The van der Waals surface area contributed by atoms with E-state index < -0.39 is 11.9 Å². The monoisotopic (exact) mass is 338 g/mol. The maximum atomic E-state index is 11.9. The number of nitrogens with zero attached hydrogens (tertiary/aromatic N) is 1. The van der Waals surface area contributed by atoms with Crippen LogP contribution in [0, 0.1) is 18.3 Å². The summed E-state index contributed by atoms with van der Waals surface area (Å²) < 4.78 is 5.67. The average molecular weight is 338 g/mol. The molecule has 0 radical (unpaired) electrons. The SMILES string of the molecule is Cc1ccc(C(=O)O)cc1-c1ccc(/C=C(/C#N)C(=O)NC(C)C)o1. The Hall–Kier alpha value is -3.33. The van der Waals surface area contributed by atoms with E-state index in [0.29, 0.717) is 17.1 Å². The van der Waals surface area contributed by atoms with Crippen LogP contribution in [-0.2, 0) is 4.79 Å². The standard InChI is InChI=1S/C19H18N2O4/c1-11(2)21-18(22)14(10-20)8-15-6-7-17(25-15)16-9-13(19(23)24)5-4-12(16)3/h4-9,11H,1-3H3,(H,21,22)(H,23,24)/b14-8-. The van der Waals surface area contributed by atoms with Crippen LogP contribution in [0.1, 0.15) is 35.5 Å². The molecule has 0 atom stereocenters.